The van der Waals surface area contributed by atoms with E-state index in [1.54, 1.807) is 22.0 Å². The highest BCUT2D eigenvalue weighted by Crippen LogP contribution is 2.24. The summed E-state index contributed by atoms with van der Waals surface area (Å²) in [6.07, 6.45) is 3.33. The van der Waals surface area contributed by atoms with Crippen molar-refractivity contribution in [2.75, 3.05) is 6.54 Å². The Hall–Kier alpha value is -3.19. The van der Waals surface area contributed by atoms with Gasteiger partial charge in [0.1, 0.15) is 12.7 Å². The molecule has 0 radical (unpaired) electrons. The SMILES string of the molecule is C[C@@H](NC(=O)[C@H]1CC(=O)N(Cc2ccccc2Cl)C1)c1ccc(-n2cncn2)cc1. The van der Waals surface area contributed by atoms with Gasteiger partial charge in [-0.2, -0.15) is 5.10 Å². The fraction of sp³-hybridized carbons (Fsp3) is 0.273. The van der Waals surface area contributed by atoms with Crippen LogP contribution in [0.3, 0.4) is 0 Å². The number of nitrogens with zero attached hydrogens (tertiary/aromatic N) is 4. The molecule has 7 nitrogen and oxygen atoms in total. The zero-order chi connectivity index (χ0) is 21.1. The summed E-state index contributed by atoms with van der Waals surface area (Å²) < 4.78 is 1.67. The molecule has 2 atom stereocenters. The zero-order valence-corrected chi connectivity index (χ0v) is 17.3. The smallest absolute Gasteiger partial charge is 0.225 e. The van der Waals surface area contributed by atoms with Gasteiger partial charge < -0.3 is 10.2 Å². The van der Waals surface area contributed by atoms with Gasteiger partial charge in [-0.05, 0) is 36.2 Å². The van der Waals surface area contributed by atoms with Crippen molar-refractivity contribution in [1.29, 1.82) is 0 Å². The molecule has 2 heterocycles. The second-order valence-corrected chi connectivity index (χ2v) is 7.84. The molecule has 3 aromatic rings. The monoisotopic (exact) mass is 423 g/mol. The van der Waals surface area contributed by atoms with Gasteiger partial charge in [0.15, 0.2) is 0 Å². The minimum absolute atomic E-state index is 0.0279. The van der Waals surface area contributed by atoms with Crippen LogP contribution in [0.1, 0.15) is 30.5 Å². The van der Waals surface area contributed by atoms with E-state index >= 15 is 0 Å². The third-order valence-corrected chi connectivity index (χ3v) is 5.71. The van der Waals surface area contributed by atoms with E-state index in [4.69, 9.17) is 11.6 Å². The van der Waals surface area contributed by atoms with E-state index in [1.807, 2.05) is 49.4 Å². The topological polar surface area (TPSA) is 80.1 Å². The summed E-state index contributed by atoms with van der Waals surface area (Å²) in [5, 5.41) is 7.76. The number of amides is 2. The second-order valence-electron chi connectivity index (χ2n) is 7.43. The van der Waals surface area contributed by atoms with Crippen molar-refractivity contribution in [2.45, 2.75) is 25.9 Å². The van der Waals surface area contributed by atoms with Gasteiger partial charge >= 0.3 is 0 Å². The summed E-state index contributed by atoms with van der Waals surface area (Å²) in [6, 6.07) is 15.0. The first-order valence-corrected chi connectivity index (χ1v) is 10.2. The third-order valence-electron chi connectivity index (χ3n) is 5.34. The van der Waals surface area contributed by atoms with Gasteiger partial charge in [0.05, 0.1) is 17.6 Å². The molecule has 2 aromatic carbocycles. The maximum absolute atomic E-state index is 12.8. The summed E-state index contributed by atoms with van der Waals surface area (Å²) >= 11 is 6.20. The van der Waals surface area contributed by atoms with E-state index in [1.165, 1.54) is 6.33 Å². The lowest BCUT2D eigenvalue weighted by Crippen LogP contribution is -2.34. The summed E-state index contributed by atoms with van der Waals surface area (Å²) in [5.74, 6) is -0.505. The fourth-order valence-corrected chi connectivity index (χ4v) is 3.80. The predicted molar refractivity (Wildman–Crippen MR) is 113 cm³/mol. The minimum atomic E-state index is -0.364. The molecule has 1 N–H and O–H groups in total. The lowest BCUT2D eigenvalue weighted by Gasteiger charge is -2.19. The van der Waals surface area contributed by atoms with Crippen molar-refractivity contribution in [2.24, 2.45) is 5.92 Å². The van der Waals surface area contributed by atoms with E-state index in [2.05, 4.69) is 15.4 Å². The Morgan fingerprint density at radius 2 is 2.00 bits per heavy atom. The van der Waals surface area contributed by atoms with E-state index < -0.39 is 0 Å². The number of likely N-dealkylation sites (tertiary alicyclic amines) is 1. The van der Waals surface area contributed by atoms with E-state index in [0.29, 0.717) is 18.1 Å². The molecule has 0 aliphatic carbocycles. The first kappa shape index (κ1) is 20.1. The number of carbonyl (C=O) groups is 2. The van der Waals surface area contributed by atoms with Gasteiger partial charge in [-0.25, -0.2) is 9.67 Å². The Bertz CT molecular complexity index is 1040. The third kappa shape index (κ3) is 4.36. The van der Waals surface area contributed by atoms with Crippen molar-refractivity contribution in [1.82, 2.24) is 25.0 Å². The van der Waals surface area contributed by atoms with Crippen LogP contribution in [-0.4, -0.2) is 38.0 Å². The van der Waals surface area contributed by atoms with Crippen LogP contribution >= 0.6 is 11.6 Å². The Morgan fingerprint density at radius 3 is 2.70 bits per heavy atom. The summed E-state index contributed by atoms with van der Waals surface area (Å²) in [5.41, 5.74) is 2.75. The number of carbonyl (C=O) groups excluding carboxylic acids is 2. The van der Waals surface area contributed by atoms with E-state index in [9.17, 15) is 9.59 Å². The van der Waals surface area contributed by atoms with Crippen molar-refractivity contribution in [3.8, 4) is 5.69 Å². The molecule has 1 saturated heterocycles. The number of hydrogen-bond donors (Lipinski definition) is 1. The molecule has 0 bridgehead atoms. The number of aromatic nitrogens is 3. The molecule has 0 spiro atoms. The van der Waals surface area contributed by atoms with E-state index in [-0.39, 0.29) is 30.2 Å². The number of rotatable bonds is 6. The van der Waals surface area contributed by atoms with Crippen molar-refractivity contribution in [3.63, 3.8) is 0 Å². The molecule has 30 heavy (non-hydrogen) atoms. The van der Waals surface area contributed by atoms with Gasteiger partial charge in [0, 0.05) is 24.5 Å². The number of benzene rings is 2. The molecule has 154 valence electrons. The maximum Gasteiger partial charge on any atom is 0.225 e. The number of hydrogen-bond acceptors (Lipinski definition) is 4. The standard InChI is InChI=1S/C22H22ClN5O2/c1-15(16-6-8-19(9-7-16)28-14-24-13-25-28)26-22(30)18-10-21(29)27(12-18)11-17-4-2-3-5-20(17)23/h2-9,13-15,18H,10-12H2,1H3,(H,26,30)/t15-,18+/m1/s1. The average Bonchev–Trinajstić information content (AvgIpc) is 3.40. The van der Waals surface area contributed by atoms with Gasteiger partial charge in [-0.15, -0.1) is 0 Å². The molecule has 0 saturated carbocycles. The molecule has 4 rings (SSSR count). The van der Waals surface area contributed by atoms with Crippen LogP contribution < -0.4 is 5.32 Å². The Morgan fingerprint density at radius 1 is 1.23 bits per heavy atom. The normalized spacial score (nSPS) is 17.2. The number of halogens is 1. The summed E-state index contributed by atoms with van der Waals surface area (Å²) in [6.45, 7) is 2.75. The first-order valence-electron chi connectivity index (χ1n) is 9.78. The van der Waals surface area contributed by atoms with Crippen LogP contribution in [0.25, 0.3) is 5.69 Å². The van der Waals surface area contributed by atoms with Crippen LogP contribution in [0, 0.1) is 5.92 Å². The number of nitrogens with one attached hydrogen (secondary N) is 1. The molecule has 8 heteroatoms. The van der Waals surface area contributed by atoms with Crippen molar-refractivity contribution < 1.29 is 9.59 Å². The summed E-state index contributed by atoms with van der Waals surface area (Å²) in [4.78, 5) is 30.8. The highest BCUT2D eigenvalue weighted by Gasteiger charge is 2.34. The largest absolute Gasteiger partial charge is 0.349 e. The molecule has 1 aromatic heterocycles. The Labute approximate surface area is 179 Å². The van der Waals surface area contributed by atoms with Crippen LogP contribution in [0.5, 0.6) is 0 Å². The first-order chi connectivity index (χ1) is 14.5. The molecule has 1 aliphatic heterocycles. The predicted octanol–water partition coefficient (Wildman–Crippen LogP) is 3.15. The van der Waals surface area contributed by atoms with Crippen molar-refractivity contribution in [3.05, 3.63) is 77.3 Å². The summed E-state index contributed by atoms with van der Waals surface area (Å²) in [7, 11) is 0. The lowest BCUT2D eigenvalue weighted by atomic mass is 10.0. The highest BCUT2D eigenvalue weighted by molar-refractivity contribution is 6.31. The molecular weight excluding hydrogens is 402 g/mol. The minimum Gasteiger partial charge on any atom is -0.349 e. The van der Waals surface area contributed by atoms with Crippen molar-refractivity contribution >= 4 is 23.4 Å². The van der Waals surface area contributed by atoms with Gasteiger partial charge in [-0.3, -0.25) is 9.59 Å². The van der Waals surface area contributed by atoms with Gasteiger partial charge in [-0.1, -0.05) is 41.9 Å². The molecule has 0 unspecified atom stereocenters. The zero-order valence-electron chi connectivity index (χ0n) is 16.5. The molecule has 1 fully saturated rings. The van der Waals surface area contributed by atoms with E-state index in [0.717, 1.165) is 16.8 Å². The van der Waals surface area contributed by atoms with Gasteiger partial charge in [0.2, 0.25) is 11.8 Å². The average molecular weight is 424 g/mol. The molecule has 1 aliphatic rings. The molecular formula is C22H22ClN5O2. The Kier molecular flexibility index (Phi) is 5.81. The highest BCUT2D eigenvalue weighted by atomic mass is 35.5. The maximum atomic E-state index is 12.8. The van der Waals surface area contributed by atoms with Crippen LogP contribution in [0.4, 0.5) is 0 Å². The van der Waals surface area contributed by atoms with Crippen LogP contribution in [0.2, 0.25) is 5.02 Å². The molecule has 2 amide bonds. The fourth-order valence-electron chi connectivity index (χ4n) is 3.60. The quantitative estimate of drug-likeness (QED) is 0.660. The van der Waals surface area contributed by atoms with Crippen LogP contribution in [0.15, 0.2) is 61.2 Å². The van der Waals surface area contributed by atoms with Gasteiger partial charge in [0.25, 0.3) is 0 Å². The Balaban J connectivity index is 1.35. The lowest BCUT2D eigenvalue weighted by molar-refractivity contribution is -0.129. The second kappa shape index (κ2) is 8.67. The van der Waals surface area contributed by atoms with Crippen LogP contribution in [-0.2, 0) is 16.1 Å².